The number of furan rings is 1. The van der Waals surface area contributed by atoms with Gasteiger partial charge in [0.2, 0.25) is 11.7 Å². The Morgan fingerprint density at radius 3 is 3.00 bits per heavy atom. The molecular formula is C11H15N3O2. The lowest BCUT2D eigenvalue weighted by Crippen LogP contribution is -2.13. The van der Waals surface area contributed by atoms with Crippen LogP contribution in [0.2, 0.25) is 0 Å². The summed E-state index contributed by atoms with van der Waals surface area (Å²) in [6, 6.07) is 1.88. The third kappa shape index (κ3) is 2.30. The zero-order chi connectivity index (χ0) is 11.4. The summed E-state index contributed by atoms with van der Waals surface area (Å²) in [6.45, 7) is 5.60. The van der Waals surface area contributed by atoms with Crippen LogP contribution in [0.5, 0.6) is 0 Å². The molecule has 0 bridgehead atoms. The Morgan fingerprint density at radius 1 is 1.44 bits per heavy atom. The second-order valence-corrected chi connectivity index (χ2v) is 3.62. The summed E-state index contributed by atoms with van der Waals surface area (Å²) >= 11 is 0. The van der Waals surface area contributed by atoms with E-state index in [0.29, 0.717) is 24.0 Å². The van der Waals surface area contributed by atoms with Gasteiger partial charge in [-0.2, -0.15) is 4.98 Å². The molecule has 2 rings (SSSR count). The zero-order valence-corrected chi connectivity index (χ0v) is 9.49. The van der Waals surface area contributed by atoms with Crippen LogP contribution in [0.4, 0.5) is 0 Å². The molecule has 5 nitrogen and oxygen atoms in total. The van der Waals surface area contributed by atoms with Gasteiger partial charge in [-0.05, 0) is 31.5 Å². The molecule has 0 radical (unpaired) electrons. The minimum Gasteiger partial charge on any atom is -0.461 e. The van der Waals surface area contributed by atoms with E-state index in [4.69, 9.17) is 8.94 Å². The average molecular weight is 221 g/mol. The molecule has 0 aliphatic carbocycles. The minimum absolute atomic E-state index is 0.510. The Labute approximate surface area is 93.8 Å². The van der Waals surface area contributed by atoms with E-state index in [1.54, 1.807) is 6.26 Å². The Hall–Kier alpha value is -1.62. The summed E-state index contributed by atoms with van der Waals surface area (Å²) in [5.74, 6) is 1.76. The first-order valence-corrected chi connectivity index (χ1v) is 5.39. The summed E-state index contributed by atoms with van der Waals surface area (Å²) in [5.41, 5.74) is 1.01. The van der Waals surface area contributed by atoms with Gasteiger partial charge in [0.1, 0.15) is 0 Å². The van der Waals surface area contributed by atoms with Gasteiger partial charge < -0.3 is 14.3 Å². The maximum Gasteiger partial charge on any atom is 0.241 e. The van der Waals surface area contributed by atoms with Crippen LogP contribution in [0.1, 0.15) is 24.8 Å². The second-order valence-electron chi connectivity index (χ2n) is 3.62. The van der Waals surface area contributed by atoms with Crippen LogP contribution in [0.15, 0.2) is 21.3 Å². The fraction of sp³-hybridized carbons (Fsp3) is 0.455. The van der Waals surface area contributed by atoms with Crippen molar-refractivity contribution in [3.63, 3.8) is 0 Å². The molecule has 0 aromatic carbocycles. The maximum atomic E-state index is 5.28. The van der Waals surface area contributed by atoms with Crippen molar-refractivity contribution in [1.29, 1.82) is 0 Å². The van der Waals surface area contributed by atoms with E-state index in [9.17, 15) is 0 Å². The first-order valence-electron chi connectivity index (χ1n) is 5.39. The molecule has 1 N–H and O–H groups in total. The van der Waals surface area contributed by atoms with Crippen LogP contribution in [-0.2, 0) is 6.54 Å². The summed E-state index contributed by atoms with van der Waals surface area (Å²) in [6.07, 6.45) is 2.70. The minimum atomic E-state index is 0.510. The third-order valence-electron chi connectivity index (χ3n) is 2.24. The van der Waals surface area contributed by atoms with Gasteiger partial charge in [0.25, 0.3) is 0 Å². The van der Waals surface area contributed by atoms with Crippen molar-refractivity contribution in [1.82, 2.24) is 15.5 Å². The number of hydrogen-bond acceptors (Lipinski definition) is 5. The lowest BCUT2D eigenvalue weighted by molar-refractivity contribution is 0.367. The number of nitrogens with zero attached hydrogens (tertiary/aromatic N) is 2. The summed E-state index contributed by atoms with van der Waals surface area (Å²) < 4.78 is 10.4. The first-order chi connectivity index (χ1) is 7.81. The Morgan fingerprint density at radius 2 is 2.31 bits per heavy atom. The highest BCUT2D eigenvalue weighted by molar-refractivity contribution is 5.50. The molecule has 2 aromatic heterocycles. The van der Waals surface area contributed by atoms with E-state index >= 15 is 0 Å². The molecule has 0 saturated carbocycles. The van der Waals surface area contributed by atoms with Crippen LogP contribution in [0.3, 0.4) is 0 Å². The van der Waals surface area contributed by atoms with Crippen LogP contribution in [-0.4, -0.2) is 16.7 Å². The molecule has 0 aliphatic rings. The standard InChI is InChI=1S/C11H15N3O2/c1-3-5-12-7-9-13-11(14-16-9)10-8(2)4-6-15-10/h4,6,12H,3,5,7H2,1-2H3. The molecule has 2 aromatic rings. The van der Waals surface area contributed by atoms with Crippen LogP contribution in [0, 0.1) is 6.92 Å². The van der Waals surface area contributed by atoms with Crippen LogP contribution in [0.25, 0.3) is 11.6 Å². The van der Waals surface area contributed by atoms with Crippen molar-refractivity contribution in [2.75, 3.05) is 6.54 Å². The van der Waals surface area contributed by atoms with E-state index in [0.717, 1.165) is 18.5 Å². The molecule has 16 heavy (non-hydrogen) atoms. The second kappa shape index (κ2) is 4.94. The first kappa shape index (κ1) is 10.9. The van der Waals surface area contributed by atoms with Crippen molar-refractivity contribution in [3.05, 3.63) is 23.8 Å². The number of hydrogen-bond donors (Lipinski definition) is 1. The molecule has 0 spiro atoms. The summed E-state index contributed by atoms with van der Waals surface area (Å²) in [5, 5.41) is 7.08. The van der Waals surface area contributed by atoms with Gasteiger partial charge in [0, 0.05) is 0 Å². The highest BCUT2D eigenvalue weighted by atomic mass is 16.5. The molecule has 2 heterocycles. The highest BCUT2D eigenvalue weighted by Crippen LogP contribution is 2.20. The lowest BCUT2D eigenvalue weighted by atomic mass is 10.3. The van der Waals surface area contributed by atoms with E-state index in [1.165, 1.54) is 0 Å². The van der Waals surface area contributed by atoms with Crippen LogP contribution < -0.4 is 5.32 Å². The predicted octanol–water partition coefficient (Wildman–Crippen LogP) is 2.14. The predicted molar refractivity (Wildman–Crippen MR) is 58.7 cm³/mol. The monoisotopic (exact) mass is 221 g/mol. The topological polar surface area (TPSA) is 64.1 Å². The van der Waals surface area contributed by atoms with Gasteiger partial charge in [-0.15, -0.1) is 0 Å². The van der Waals surface area contributed by atoms with Gasteiger partial charge in [0.15, 0.2) is 5.76 Å². The number of rotatable bonds is 5. The molecule has 0 fully saturated rings. The van der Waals surface area contributed by atoms with E-state index in [2.05, 4.69) is 22.4 Å². The summed E-state index contributed by atoms with van der Waals surface area (Å²) in [7, 11) is 0. The normalized spacial score (nSPS) is 10.9. The lowest BCUT2D eigenvalue weighted by Gasteiger charge is -1.95. The highest BCUT2D eigenvalue weighted by Gasteiger charge is 2.13. The fourth-order valence-electron chi connectivity index (χ4n) is 1.39. The largest absolute Gasteiger partial charge is 0.461 e. The molecule has 0 atom stereocenters. The van der Waals surface area contributed by atoms with Crippen molar-refractivity contribution in [2.45, 2.75) is 26.8 Å². The molecule has 0 aliphatic heterocycles. The average Bonchev–Trinajstić information content (AvgIpc) is 2.87. The Kier molecular flexibility index (Phi) is 3.36. The van der Waals surface area contributed by atoms with Crippen molar-refractivity contribution >= 4 is 0 Å². The molecule has 86 valence electrons. The van der Waals surface area contributed by atoms with Crippen LogP contribution >= 0.6 is 0 Å². The third-order valence-corrected chi connectivity index (χ3v) is 2.24. The Bertz CT molecular complexity index is 448. The van der Waals surface area contributed by atoms with Gasteiger partial charge in [-0.3, -0.25) is 0 Å². The van der Waals surface area contributed by atoms with Gasteiger partial charge in [-0.25, -0.2) is 0 Å². The molecule has 0 saturated heterocycles. The molecule has 0 amide bonds. The van der Waals surface area contributed by atoms with E-state index in [1.807, 2.05) is 13.0 Å². The molecular weight excluding hydrogens is 206 g/mol. The van der Waals surface area contributed by atoms with Gasteiger partial charge in [0.05, 0.1) is 12.8 Å². The molecule has 0 unspecified atom stereocenters. The fourth-order valence-corrected chi connectivity index (χ4v) is 1.39. The van der Waals surface area contributed by atoms with Crippen molar-refractivity contribution in [2.24, 2.45) is 0 Å². The smallest absolute Gasteiger partial charge is 0.241 e. The number of nitrogens with one attached hydrogen (secondary N) is 1. The summed E-state index contributed by atoms with van der Waals surface area (Å²) in [4.78, 5) is 4.25. The number of aryl methyl sites for hydroxylation is 1. The van der Waals surface area contributed by atoms with Gasteiger partial charge >= 0.3 is 0 Å². The number of aromatic nitrogens is 2. The van der Waals surface area contributed by atoms with Crippen molar-refractivity contribution in [3.8, 4) is 11.6 Å². The SMILES string of the molecule is CCCNCc1nc(-c2occc2C)no1. The van der Waals surface area contributed by atoms with E-state index in [-0.39, 0.29) is 0 Å². The Balaban J connectivity index is 2.05. The quantitative estimate of drug-likeness (QED) is 0.783. The maximum absolute atomic E-state index is 5.28. The van der Waals surface area contributed by atoms with E-state index < -0.39 is 0 Å². The van der Waals surface area contributed by atoms with Gasteiger partial charge in [-0.1, -0.05) is 12.1 Å². The zero-order valence-electron chi connectivity index (χ0n) is 9.49. The molecule has 5 heteroatoms. The van der Waals surface area contributed by atoms with Crippen molar-refractivity contribution < 1.29 is 8.94 Å².